The molecule has 0 fully saturated rings. The summed E-state index contributed by atoms with van der Waals surface area (Å²) in [4.78, 5) is 0. The molecule has 0 aromatic rings. The average Bonchev–Trinajstić information content (AvgIpc) is 2.29. The summed E-state index contributed by atoms with van der Waals surface area (Å²) in [7, 11) is 0. The fraction of sp³-hybridized carbons (Fsp3) is 0.923. The third-order valence-electron chi connectivity index (χ3n) is 3.08. The van der Waals surface area contributed by atoms with Crippen LogP contribution in [-0.4, -0.2) is 17.7 Å². The molecule has 3 heteroatoms. The highest BCUT2D eigenvalue weighted by Gasteiger charge is 2.07. The SMILES string of the molecule is CCCCC(CC)CNC(=S)NC(C)CC. The Labute approximate surface area is 107 Å². The molecule has 2 atom stereocenters. The first-order valence-electron chi connectivity index (χ1n) is 6.68. The number of hydrogen-bond acceptors (Lipinski definition) is 1. The first-order chi connectivity index (χ1) is 7.63. The van der Waals surface area contributed by atoms with Crippen molar-refractivity contribution in [1.29, 1.82) is 0 Å². The minimum Gasteiger partial charge on any atom is -0.362 e. The van der Waals surface area contributed by atoms with E-state index in [0.29, 0.717) is 6.04 Å². The van der Waals surface area contributed by atoms with Crippen molar-refractivity contribution in [3.8, 4) is 0 Å². The van der Waals surface area contributed by atoms with Crippen LogP contribution in [0.15, 0.2) is 0 Å². The van der Waals surface area contributed by atoms with Crippen LogP contribution in [0.5, 0.6) is 0 Å². The molecule has 0 spiro atoms. The second kappa shape index (κ2) is 9.88. The van der Waals surface area contributed by atoms with Gasteiger partial charge in [-0.3, -0.25) is 0 Å². The third kappa shape index (κ3) is 7.91. The maximum absolute atomic E-state index is 5.25. The smallest absolute Gasteiger partial charge is 0.166 e. The van der Waals surface area contributed by atoms with Crippen LogP contribution in [0.4, 0.5) is 0 Å². The van der Waals surface area contributed by atoms with Gasteiger partial charge in [-0.05, 0) is 37.9 Å². The zero-order valence-electron chi connectivity index (χ0n) is 11.3. The van der Waals surface area contributed by atoms with Gasteiger partial charge in [-0.15, -0.1) is 0 Å². The molecule has 0 saturated carbocycles. The normalized spacial score (nSPS) is 14.2. The summed E-state index contributed by atoms with van der Waals surface area (Å²) in [6.45, 7) is 9.83. The van der Waals surface area contributed by atoms with Crippen LogP contribution in [-0.2, 0) is 0 Å². The molecule has 0 radical (unpaired) electrons. The van der Waals surface area contributed by atoms with Gasteiger partial charge in [0.05, 0.1) is 0 Å². The van der Waals surface area contributed by atoms with Gasteiger partial charge in [0.2, 0.25) is 0 Å². The first-order valence-corrected chi connectivity index (χ1v) is 7.09. The molecule has 0 bridgehead atoms. The summed E-state index contributed by atoms with van der Waals surface area (Å²) >= 11 is 5.25. The zero-order chi connectivity index (χ0) is 12.4. The van der Waals surface area contributed by atoms with E-state index in [9.17, 15) is 0 Å². The third-order valence-corrected chi connectivity index (χ3v) is 3.35. The van der Waals surface area contributed by atoms with E-state index < -0.39 is 0 Å². The van der Waals surface area contributed by atoms with Gasteiger partial charge in [0.25, 0.3) is 0 Å². The van der Waals surface area contributed by atoms with E-state index in [1.165, 1.54) is 25.7 Å². The molecule has 96 valence electrons. The number of nitrogens with one attached hydrogen (secondary N) is 2. The minimum atomic E-state index is 0.468. The Hall–Kier alpha value is -0.310. The summed E-state index contributed by atoms with van der Waals surface area (Å²) in [5.41, 5.74) is 0. The molecule has 0 aliphatic rings. The number of rotatable bonds is 8. The maximum Gasteiger partial charge on any atom is 0.166 e. The van der Waals surface area contributed by atoms with Crippen LogP contribution in [0.1, 0.15) is 59.8 Å². The Morgan fingerprint density at radius 3 is 2.38 bits per heavy atom. The van der Waals surface area contributed by atoms with E-state index in [4.69, 9.17) is 12.2 Å². The molecule has 0 amide bonds. The second-order valence-electron chi connectivity index (χ2n) is 4.58. The van der Waals surface area contributed by atoms with Crippen molar-refractivity contribution in [2.24, 2.45) is 5.92 Å². The summed E-state index contributed by atoms with van der Waals surface area (Å²) in [6, 6.07) is 0.468. The van der Waals surface area contributed by atoms with Gasteiger partial charge in [-0.2, -0.15) is 0 Å². The molecule has 0 saturated heterocycles. The quantitative estimate of drug-likeness (QED) is 0.639. The van der Waals surface area contributed by atoms with Crippen molar-refractivity contribution in [2.75, 3.05) is 6.54 Å². The number of unbranched alkanes of at least 4 members (excludes halogenated alkanes) is 1. The monoisotopic (exact) mass is 244 g/mol. The molecule has 2 N–H and O–H groups in total. The van der Waals surface area contributed by atoms with Gasteiger partial charge in [0.15, 0.2) is 5.11 Å². The fourth-order valence-electron chi connectivity index (χ4n) is 1.56. The molecule has 2 unspecified atom stereocenters. The number of hydrogen-bond donors (Lipinski definition) is 2. The van der Waals surface area contributed by atoms with Crippen LogP contribution < -0.4 is 10.6 Å². The molecular weight excluding hydrogens is 216 g/mol. The zero-order valence-corrected chi connectivity index (χ0v) is 12.1. The Morgan fingerprint density at radius 1 is 1.19 bits per heavy atom. The Morgan fingerprint density at radius 2 is 1.88 bits per heavy atom. The lowest BCUT2D eigenvalue weighted by atomic mass is 9.99. The van der Waals surface area contributed by atoms with Crippen molar-refractivity contribution in [1.82, 2.24) is 10.6 Å². The van der Waals surface area contributed by atoms with Crippen molar-refractivity contribution >= 4 is 17.3 Å². The van der Waals surface area contributed by atoms with Crippen LogP contribution in [0.25, 0.3) is 0 Å². The van der Waals surface area contributed by atoms with Crippen molar-refractivity contribution in [3.05, 3.63) is 0 Å². The van der Waals surface area contributed by atoms with E-state index in [1.807, 2.05) is 0 Å². The van der Waals surface area contributed by atoms with Crippen LogP contribution in [0.3, 0.4) is 0 Å². The van der Waals surface area contributed by atoms with Gasteiger partial charge < -0.3 is 10.6 Å². The summed E-state index contributed by atoms with van der Waals surface area (Å²) in [6.07, 6.45) is 6.26. The largest absolute Gasteiger partial charge is 0.362 e. The number of thiocarbonyl (C=S) groups is 1. The lowest BCUT2D eigenvalue weighted by Gasteiger charge is -2.19. The maximum atomic E-state index is 5.25. The minimum absolute atomic E-state index is 0.468. The summed E-state index contributed by atoms with van der Waals surface area (Å²) in [5.74, 6) is 0.761. The van der Waals surface area contributed by atoms with Crippen LogP contribution in [0, 0.1) is 5.92 Å². The first kappa shape index (κ1) is 15.7. The van der Waals surface area contributed by atoms with Gasteiger partial charge >= 0.3 is 0 Å². The molecule has 2 nitrogen and oxygen atoms in total. The highest BCUT2D eigenvalue weighted by Crippen LogP contribution is 2.10. The predicted molar refractivity (Wildman–Crippen MR) is 76.8 cm³/mol. The lowest BCUT2D eigenvalue weighted by molar-refractivity contribution is 0.443. The molecule has 0 aromatic carbocycles. The Bertz CT molecular complexity index is 183. The highest BCUT2D eigenvalue weighted by atomic mass is 32.1. The second-order valence-corrected chi connectivity index (χ2v) is 4.99. The highest BCUT2D eigenvalue weighted by molar-refractivity contribution is 7.80. The standard InChI is InChI=1S/C13H28N2S/c1-5-8-9-12(7-3)10-14-13(16)15-11(4)6-2/h11-12H,5-10H2,1-4H3,(H2,14,15,16). The molecule has 0 aliphatic heterocycles. The van der Waals surface area contributed by atoms with Gasteiger partial charge in [0, 0.05) is 12.6 Å². The lowest BCUT2D eigenvalue weighted by Crippen LogP contribution is -2.42. The topological polar surface area (TPSA) is 24.1 Å². The van der Waals surface area contributed by atoms with Crippen LogP contribution in [0.2, 0.25) is 0 Å². The van der Waals surface area contributed by atoms with E-state index in [-0.39, 0.29) is 0 Å². The summed E-state index contributed by atoms with van der Waals surface area (Å²) < 4.78 is 0. The van der Waals surface area contributed by atoms with E-state index in [2.05, 4.69) is 38.3 Å². The van der Waals surface area contributed by atoms with Gasteiger partial charge in [0.1, 0.15) is 0 Å². The Balaban J connectivity index is 3.70. The average molecular weight is 244 g/mol. The van der Waals surface area contributed by atoms with E-state index in [1.54, 1.807) is 0 Å². The fourth-order valence-corrected chi connectivity index (χ4v) is 1.84. The molecule has 0 aliphatic carbocycles. The predicted octanol–water partition coefficient (Wildman–Crippen LogP) is 3.47. The van der Waals surface area contributed by atoms with Crippen molar-refractivity contribution < 1.29 is 0 Å². The Kier molecular flexibility index (Phi) is 9.69. The molecular formula is C13H28N2S. The van der Waals surface area contributed by atoms with E-state index >= 15 is 0 Å². The van der Waals surface area contributed by atoms with E-state index in [0.717, 1.165) is 24.0 Å². The van der Waals surface area contributed by atoms with Gasteiger partial charge in [-0.1, -0.05) is 40.0 Å². The van der Waals surface area contributed by atoms with Crippen molar-refractivity contribution in [3.63, 3.8) is 0 Å². The van der Waals surface area contributed by atoms with Gasteiger partial charge in [-0.25, -0.2) is 0 Å². The van der Waals surface area contributed by atoms with Crippen LogP contribution >= 0.6 is 12.2 Å². The molecule has 16 heavy (non-hydrogen) atoms. The molecule has 0 heterocycles. The van der Waals surface area contributed by atoms with Crippen molar-refractivity contribution in [2.45, 2.75) is 65.8 Å². The molecule has 0 rings (SSSR count). The molecule has 0 aromatic heterocycles. The summed E-state index contributed by atoms with van der Waals surface area (Å²) in [5, 5.41) is 7.42.